The van der Waals surface area contributed by atoms with Crippen LogP contribution in [-0.4, -0.2) is 18.4 Å². The smallest absolute Gasteiger partial charge is 0.266 e. The third-order valence-corrected chi connectivity index (χ3v) is 7.17. The zero-order chi connectivity index (χ0) is 21.1. The second-order valence-electron chi connectivity index (χ2n) is 7.40. The molecule has 0 unspecified atom stereocenters. The molecule has 4 rings (SSSR count). The largest absolute Gasteiger partial charge is 0.494 e. The number of hydrogen-bond donors (Lipinski definition) is 2. The quantitative estimate of drug-likeness (QED) is 0.506. The van der Waals surface area contributed by atoms with Gasteiger partial charge in [-0.05, 0) is 73.4 Å². The van der Waals surface area contributed by atoms with Gasteiger partial charge in [0.25, 0.3) is 11.8 Å². The lowest BCUT2D eigenvalue weighted by atomic mass is 9.88. The number of anilines is 2. The average Bonchev–Trinajstić information content (AvgIpc) is 3.37. The summed E-state index contributed by atoms with van der Waals surface area (Å²) in [6, 6.07) is 11.0. The van der Waals surface area contributed by atoms with Gasteiger partial charge in [0.1, 0.15) is 10.8 Å². The fraction of sp³-hybridized carbons (Fsp3) is 0.304. The van der Waals surface area contributed by atoms with Crippen molar-refractivity contribution < 1.29 is 14.3 Å². The van der Waals surface area contributed by atoms with Gasteiger partial charge in [-0.3, -0.25) is 9.59 Å². The maximum atomic E-state index is 13.2. The third-order valence-electron chi connectivity index (χ3n) is 5.13. The molecular formula is C23H24N2O3S2. The number of carbonyl (C=O) groups is 2. The van der Waals surface area contributed by atoms with Gasteiger partial charge in [0.2, 0.25) is 0 Å². The molecule has 1 aliphatic rings. The first-order chi connectivity index (χ1) is 14.5. The molecule has 0 aliphatic heterocycles. The van der Waals surface area contributed by atoms with Gasteiger partial charge in [0.15, 0.2) is 0 Å². The lowest BCUT2D eigenvalue weighted by Crippen LogP contribution is -2.19. The molecule has 0 radical (unpaired) electrons. The van der Waals surface area contributed by atoms with Crippen molar-refractivity contribution in [2.24, 2.45) is 5.92 Å². The van der Waals surface area contributed by atoms with E-state index in [1.807, 2.05) is 42.6 Å². The molecule has 1 aliphatic carbocycles. The van der Waals surface area contributed by atoms with Gasteiger partial charge in [-0.2, -0.15) is 0 Å². The van der Waals surface area contributed by atoms with Gasteiger partial charge < -0.3 is 15.4 Å². The van der Waals surface area contributed by atoms with E-state index in [4.69, 9.17) is 4.74 Å². The van der Waals surface area contributed by atoms with Crippen LogP contribution >= 0.6 is 22.7 Å². The van der Waals surface area contributed by atoms with Crippen LogP contribution in [0.4, 0.5) is 10.7 Å². The number of ether oxygens (including phenoxy) is 1. The highest BCUT2D eigenvalue weighted by molar-refractivity contribution is 7.17. The molecule has 0 saturated carbocycles. The van der Waals surface area contributed by atoms with Crippen LogP contribution in [-0.2, 0) is 12.8 Å². The number of nitrogens with one attached hydrogen (secondary N) is 2. The number of fused-ring (bicyclic) bond motifs is 1. The SMILES string of the molecule is CCOc1ccc(NC(=O)c2c(NC(=O)c3cccs3)sc3c2CC[C@H](C)C3)cc1. The highest BCUT2D eigenvalue weighted by Gasteiger charge is 2.28. The number of carbonyl (C=O) groups excluding carboxylic acids is 2. The summed E-state index contributed by atoms with van der Waals surface area (Å²) >= 11 is 2.92. The summed E-state index contributed by atoms with van der Waals surface area (Å²) < 4.78 is 5.46. The Balaban J connectivity index is 1.61. The summed E-state index contributed by atoms with van der Waals surface area (Å²) in [7, 11) is 0. The Labute approximate surface area is 184 Å². The first-order valence-corrected chi connectivity index (χ1v) is 11.8. The molecule has 2 amide bonds. The Kier molecular flexibility index (Phi) is 6.20. The molecule has 2 heterocycles. The Morgan fingerprint density at radius 2 is 1.93 bits per heavy atom. The number of hydrogen-bond acceptors (Lipinski definition) is 5. The molecule has 3 aromatic rings. The summed E-state index contributed by atoms with van der Waals surface area (Å²) in [6.07, 6.45) is 2.84. The van der Waals surface area contributed by atoms with E-state index in [1.54, 1.807) is 6.07 Å². The minimum absolute atomic E-state index is 0.174. The summed E-state index contributed by atoms with van der Waals surface area (Å²) in [6.45, 7) is 4.76. The van der Waals surface area contributed by atoms with Crippen molar-refractivity contribution in [1.82, 2.24) is 0 Å². The maximum absolute atomic E-state index is 13.2. The van der Waals surface area contributed by atoms with Gasteiger partial charge in [0.05, 0.1) is 17.0 Å². The van der Waals surface area contributed by atoms with Crippen molar-refractivity contribution >= 4 is 45.2 Å². The summed E-state index contributed by atoms with van der Waals surface area (Å²) in [5.41, 5.74) is 2.37. The topological polar surface area (TPSA) is 67.4 Å². The Morgan fingerprint density at radius 3 is 2.63 bits per heavy atom. The van der Waals surface area contributed by atoms with E-state index >= 15 is 0 Å². The van der Waals surface area contributed by atoms with Gasteiger partial charge in [-0.25, -0.2) is 0 Å². The van der Waals surface area contributed by atoms with Gasteiger partial charge >= 0.3 is 0 Å². The minimum Gasteiger partial charge on any atom is -0.494 e. The lowest BCUT2D eigenvalue weighted by molar-refractivity contribution is 0.102. The summed E-state index contributed by atoms with van der Waals surface area (Å²) in [5, 5.41) is 8.48. The normalized spacial score (nSPS) is 15.3. The van der Waals surface area contributed by atoms with Crippen molar-refractivity contribution in [3.05, 3.63) is 62.7 Å². The zero-order valence-electron chi connectivity index (χ0n) is 17.0. The van der Waals surface area contributed by atoms with Crippen molar-refractivity contribution in [3.8, 4) is 5.75 Å². The van der Waals surface area contributed by atoms with E-state index in [-0.39, 0.29) is 11.8 Å². The van der Waals surface area contributed by atoms with E-state index < -0.39 is 0 Å². The summed E-state index contributed by atoms with van der Waals surface area (Å²) in [4.78, 5) is 27.7. The van der Waals surface area contributed by atoms with Crippen LogP contribution in [0.15, 0.2) is 41.8 Å². The lowest BCUT2D eigenvalue weighted by Gasteiger charge is -2.18. The predicted octanol–water partition coefficient (Wildman–Crippen LogP) is 5.84. The Morgan fingerprint density at radius 1 is 1.13 bits per heavy atom. The van der Waals surface area contributed by atoms with E-state index in [0.29, 0.717) is 33.7 Å². The molecule has 0 spiro atoms. The molecule has 0 fully saturated rings. The first kappa shape index (κ1) is 20.6. The molecule has 1 aromatic carbocycles. The van der Waals surface area contributed by atoms with Gasteiger partial charge in [-0.1, -0.05) is 13.0 Å². The highest BCUT2D eigenvalue weighted by atomic mass is 32.1. The zero-order valence-corrected chi connectivity index (χ0v) is 18.6. The standard InChI is InChI=1S/C23H24N2O3S2/c1-3-28-16-9-7-15(8-10-16)24-22(27)20-17-11-6-14(2)13-19(17)30-23(20)25-21(26)18-5-4-12-29-18/h4-5,7-10,12,14H,3,6,11,13H2,1-2H3,(H,24,27)(H,25,26)/t14-/m0/s1. The van der Waals surface area contributed by atoms with Crippen LogP contribution in [0.5, 0.6) is 5.75 Å². The Hall–Kier alpha value is -2.64. The second kappa shape index (κ2) is 9.02. The highest BCUT2D eigenvalue weighted by Crippen LogP contribution is 2.40. The third kappa shape index (κ3) is 4.42. The first-order valence-electron chi connectivity index (χ1n) is 10.1. The van der Waals surface area contributed by atoms with E-state index in [9.17, 15) is 9.59 Å². The van der Waals surface area contributed by atoms with Crippen LogP contribution < -0.4 is 15.4 Å². The predicted molar refractivity (Wildman–Crippen MR) is 123 cm³/mol. The maximum Gasteiger partial charge on any atom is 0.266 e. The van der Waals surface area contributed by atoms with Gasteiger partial charge in [0, 0.05) is 10.6 Å². The fourth-order valence-electron chi connectivity index (χ4n) is 3.65. The molecule has 7 heteroatoms. The van der Waals surface area contributed by atoms with Crippen molar-refractivity contribution in [2.75, 3.05) is 17.2 Å². The van der Waals surface area contributed by atoms with Gasteiger partial charge in [-0.15, -0.1) is 22.7 Å². The minimum atomic E-state index is -0.187. The van der Waals surface area contributed by atoms with Crippen LogP contribution in [0, 0.1) is 5.92 Å². The summed E-state index contributed by atoms with van der Waals surface area (Å²) in [5.74, 6) is 0.986. The Bertz CT molecular complexity index is 1040. The van der Waals surface area contributed by atoms with Crippen LogP contribution in [0.2, 0.25) is 0 Å². The molecule has 1 atom stereocenters. The molecular weight excluding hydrogens is 416 g/mol. The van der Waals surface area contributed by atoms with Crippen molar-refractivity contribution in [3.63, 3.8) is 0 Å². The van der Waals surface area contributed by atoms with Crippen molar-refractivity contribution in [2.45, 2.75) is 33.1 Å². The monoisotopic (exact) mass is 440 g/mol. The van der Waals surface area contributed by atoms with E-state index in [2.05, 4.69) is 17.6 Å². The molecule has 30 heavy (non-hydrogen) atoms. The number of thiophene rings is 2. The molecule has 0 bridgehead atoms. The van der Waals surface area contributed by atoms with E-state index in [0.717, 1.165) is 30.6 Å². The number of rotatable bonds is 6. The van der Waals surface area contributed by atoms with Crippen LogP contribution in [0.1, 0.15) is 50.7 Å². The number of benzene rings is 1. The second-order valence-corrected chi connectivity index (χ2v) is 9.45. The molecule has 5 nitrogen and oxygen atoms in total. The fourth-order valence-corrected chi connectivity index (χ4v) is 5.67. The molecule has 156 valence electrons. The van der Waals surface area contributed by atoms with E-state index in [1.165, 1.54) is 27.6 Å². The molecule has 0 saturated heterocycles. The van der Waals surface area contributed by atoms with Crippen LogP contribution in [0.3, 0.4) is 0 Å². The van der Waals surface area contributed by atoms with Crippen LogP contribution in [0.25, 0.3) is 0 Å². The average molecular weight is 441 g/mol. The molecule has 2 N–H and O–H groups in total. The van der Waals surface area contributed by atoms with Crippen molar-refractivity contribution in [1.29, 1.82) is 0 Å². The molecule has 2 aromatic heterocycles. The number of amides is 2.